The molecule has 9 nitrogen and oxygen atoms in total. The first kappa shape index (κ1) is 21.7. The summed E-state index contributed by atoms with van der Waals surface area (Å²) in [5, 5.41) is 11.6. The molecule has 0 aliphatic carbocycles. The average molecular weight is 444 g/mol. The van der Waals surface area contributed by atoms with Gasteiger partial charge in [-0.1, -0.05) is 6.07 Å². The van der Waals surface area contributed by atoms with Gasteiger partial charge >= 0.3 is 12.0 Å². The van der Waals surface area contributed by atoms with Crippen LogP contribution in [0, 0.1) is 20.8 Å². The highest BCUT2D eigenvalue weighted by molar-refractivity contribution is 6.39. The maximum absolute atomic E-state index is 13.1. The first-order valence-electron chi connectivity index (χ1n) is 10.0. The van der Waals surface area contributed by atoms with Crippen molar-refractivity contribution >= 4 is 35.6 Å². The topological polar surface area (TPSA) is 122 Å². The molecule has 4 rings (SSSR count). The predicted molar refractivity (Wildman–Crippen MR) is 120 cm³/mol. The predicted octanol–water partition coefficient (Wildman–Crippen LogP) is 3.16. The molecule has 166 valence electrons. The molecule has 0 saturated carbocycles. The zero-order chi connectivity index (χ0) is 23.9. The molecule has 3 aromatic rings. The van der Waals surface area contributed by atoms with E-state index in [-0.39, 0.29) is 16.8 Å². The largest absolute Gasteiger partial charge is 0.478 e. The minimum Gasteiger partial charge on any atom is -0.478 e. The molecular weight excluding hydrogens is 424 g/mol. The van der Waals surface area contributed by atoms with Crippen LogP contribution >= 0.6 is 0 Å². The van der Waals surface area contributed by atoms with E-state index in [1.165, 1.54) is 24.5 Å². The van der Waals surface area contributed by atoms with Crippen LogP contribution in [0.4, 0.5) is 10.5 Å². The fraction of sp³-hybridized carbons (Fsp3) is 0.125. The number of carboxylic acid groups (broad SMARTS) is 1. The van der Waals surface area contributed by atoms with E-state index in [1.54, 1.807) is 37.3 Å². The van der Waals surface area contributed by atoms with Crippen molar-refractivity contribution in [1.82, 2.24) is 14.9 Å². The van der Waals surface area contributed by atoms with E-state index in [0.29, 0.717) is 22.5 Å². The lowest BCUT2D eigenvalue weighted by Crippen LogP contribution is -2.54. The number of nitrogens with zero attached hydrogens (tertiary/aromatic N) is 3. The normalized spacial score (nSPS) is 15.2. The second-order valence-corrected chi connectivity index (χ2v) is 7.59. The van der Waals surface area contributed by atoms with Crippen molar-refractivity contribution in [2.45, 2.75) is 20.8 Å². The lowest BCUT2D eigenvalue weighted by atomic mass is 10.1. The van der Waals surface area contributed by atoms with Crippen molar-refractivity contribution in [2.75, 3.05) is 4.90 Å². The Morgan fingerprint density at radius 1 is 1.09 bits per heavy atom. The number of hydrogen-bond acceptors (Lipinski definition) is 5. The van der Waals surface area contributed by atoms with Crippen molar-refractivity contribution in [2.24, 2.45) is 0 Å². The molecule has 1 aliphatic rings. The van der Waals surface area contributed by atoms with Gasteiger partial charge in [0.2, 0.25) is 0 Å². The van der Waals surface area contributed by atoms with Gasteiger partial charge in [0.15, 0.2) is 0 Å². The number of aromatic nitrogens is 2. The van der Waals surface area contributed by atoms with E-state index in [0.717, 1.165) is 10.6 Å². The van der Waals surface area contributed by atoms with Gasteiger partial charge in [0.1, 0.15) is 5.57 Å². The number of benzene rings is 1. The van der Waals surface area contributed by atoms with Gasteiger partial charge in [-0.25, -0.2) is 14.5 Å². The van der Waals surface area contributed by atoms with Gasteiger partial charge in [0.05, 0.1) is 17.4 Å². The smallest absolute Gasteiger partial charge is 0.336 e. The molecule has 0 radical (unpaired) electrons. The average Bonchev–Trinajstić information content (AvgIpc) is 3.04. The Labute approximate surface area is 189 Å². The molecule has 2 aromatic heterocycles. The summed E-state index contributed by atoms with van der Waals surface area (Å²) < 4.78 is 1.86. The molecule has 33 heavy (non-hydrogen) atoms. The van der Waals surface area contributed by atoms with E-state index in [2.05, 4.69) is 10.3 Å². The highest BCUT2D eigenvalue weighted by atomic mass is 16.4. The van der Waals surface area contributed by atoms with Gasteiger partial charge in [-0.15, -0.1) is 0 Å². The standard InChI is InChI=1S/C24H20N4O5/c1-13-10-16(15(3)27(13)20-8-4-7-18(14(20)2)23(31)32)11-19-21(29)26-24(33)28(22(19)30)17-6-5-9-25-12-17/h4-12H,1-3H3,(H,31,32)(H,26,29,33)/b19-11+. The molecule has 0 unspecified atom stereocenters. The molecule has 1 fully saturated rings. The quantitative estimate of drug-likeness (QED) is 0.471. The van der Waals surface area contributed by atoms with Gasteiger partial charge in [0.25, 0.3) is 11.8 Å². The first-order valence-corrected chi connectivity index (χ1v) is 10.0. The number of carboxylic acids is 1. The van der Waals surface area contributed by atoms with E-state index < -0.39 is 23.8 Å². The Hall–Kier alpha value is -4.53. The van der Waals surface area contributed by atoms with Crippen molar-refractivity contribution < 1.29 is 24.3 Å². The van der Waals surface area contributed by atoms with Crippen LogP contribution in [-0.2, 0) is 9.59 Å². The van der Waals surface area contributed by atoms with E-state index in [9.17, 15) is 24.3 Å². The second kappa shape index (κ2) is 8.19. The SMILES string of the molecule is Cc1c(C(=O)O)cccc1-n1c(C)cc(/C=C2\C(=O)NC(=O)N(c3cccnc3)C2=O)c1C. The third-order valence-electron chi connectivity index (χ3n) is 5.55. The first-order chi connectivity index (χ1) is 15.7. The highest BCUT2D eigenvalue weighted by Crippen LogP contribution is 2.28. The van der Waals surface area contributed by atoms with Crippen molar-refractivity contribution in [3.8, 4) is 5.69 Å². The Kier molecular flexibility index (Phi) is 5.39. The summed E-state index contributed by atoms with van der Waals surface area (Å²) in [7, 11) is 0. The number of carbonyl (C=O) groups excluding carboxylic acids is 3. The maximum atomic E-state index is 13.1. The lowest BCUT2D eigenvalue weighted by Gasteiger charge is -2.26. The van der Waals surface area contributed by atoms with Gasteiger partial charge in [-0.05, 0) is 68.3 Å². The molecule has 0 atom stereocenters. The molecule has 1 saturated heterocycles. The molecule has 2 N–H and O–H groups in total. The van der Waals surface area contributed by atoms with Crippen LogP contribution in [0.5, 0.6) is 0 Å². The Balaban J connectivity index is 1.80. The van der Waals surface area contributed by atoms with Crippen molar-refractivity contribution in [3.63, 3.8) is 0 Å². The van der Waals surface area contributed by atoms with Crippen LogP contribution in [0.1, 0.15) is 32.9 Å². The van der Waals surface area contributed by atoms with Gasteiger partial charge in [-0.3, -0.25) is 19.9 Å². The molecule has 1 aromatic carbocycles. The number of barbiturate groups is 1. The Morgan fingerprint density at radius 3 is 2.52 bits per heavy atom. The third-order valence-corrected chi connectivity index (χ3v) is 5.55. The van der Waals surface area contributed by atoms with Crippen LogP contribution < -0.4 is 10.2 Å². The molecule has 4 amide bonds. The number of imide groups is 2. The molecule has 1 aliphatic heterocycles. The Morgan fingerprint density at radius 2 is 1.85 bits per heavy atom. The zero-order valence-electron chi connectivity index (χ0n) is 18.1. The van der Waals surface area contributed by atoms with E-state index >= 15 is 0 Å². The number of pyridine rings is 1. The number of anilines is 1. The summed E-state index contributed by atoms with van der Waals surface area (Å²) >= 11 is 0. The maximum Gasteiger partial charge on any atom is 0.336 e. The lowest BCUT2D eigenvalue weighted by molar-refractivity contribution is -0.122. The number of urea groups is 1. The van der Waals surface area contributed by atoms with Crippen molar-refractivity contribution in [3.05, 3.63) is 82.4 Å². The summed E-state index contributed by atoms with van der Waals surface area (Å²) in [6.45, 7) is 5.38. The van der Waals surface area contributed by atoms with Gasteiger partial charge in [-0.2, -0.15) is 0 Å². The van der Waals surface area contributed by atoms with Crippen LogP contribution in [0.25, 0.3) is 11.8 Å². The zero-order valence-corrected chi connectivity index (χ0v) is 18.1. The monoisotopic (exact) mass is 444 g/mol. The molecule has 9 heteroatoms. The fourth-order valence-electron chi connectivity index (χ4n) is 3.94. The summed E-state index contributed by atoms with van der Waals surface area (Å²) in [6.07, 6.45) is 4.30. The second-order valence-electron chi connectivity index (χ2n) is 7.59. The summed E-state index contributed by atoms with van der Waals surface area (Å²) in [6, 6.07) is 9.08. The molecule has 3 heterocycles. The minimum absolute atomic E-state index is 0.187. The third kappa shape index (κ3) is 3.69. The summed E-state index contributed by atoms with van der Waals surface area (Å²) in [5.74, 6) is -2.58. The molecule has 0 spiro atoms. The Bertz CT molecular complexity index is 1350. The fourth-order valence-corrected chi connectivity index (χ4v) is 3.94. The van der Waals surface area contributed by atoms with Crippen LogP contribution in [0.15, 0.2) is 54.4 Å². The number of aryl methyl sites for hydroxylation is 1. The minimum atomic E-state index is -1.02. The van der Waals surface area contributed by atoms with Crippen molar-refractivity contribution in [1.29, 1.82) is 0 Å². The van der Waals surface area contributed by atoms with E-state index in [4.69, 9.17) is 0 Å². The number of carbonyl (C=O) groups is 4. The molecular formula is C24H20N4O5. The number of amides is 4. The number of aromatic carboxylic acids is 1. The van der Waals surface area contributed by atoms with Crippen LogP contribution in [0.2, 0.25) is 0 Å². The van der Waals surface area contributed by atoms with Gasteiger partial charge < -0.3 is 9.67 Å². The number of hydrogen-bond donors (Lipinski definition) is 2. The van der Waals surface area contributed by atoms with Crippen LogP contribution in [0.3, 0.4) is 0 Å². The van der Waals surface area contributed by atoms with Gasteiger partial charge in [0, 0.05) is 23.3 Å². The molecule has 0 bridgehead atoms. The number of rotatable bonds is 4. The number of nitrogens with one attached hydrogen (secondary N) is 1. The highest BCUT2D eigenvalue weighted by Gasteiger charge is 2.37. The van der Waals surface area contributed by atoms with Crippen LogP contribution in [-0.4, -0.2) is 38.5 Å². The van der Waals surface area contributed by atoms with E-state index in [1.807, 2.05) is 18.4 Å². The summed E-state index contributed by atoms with van der Waals surface area (Å²) in [5.41, 5.74) is 3.58. The summed E-state index contributed by atoms with van der Waals surface area (Å²) in [4.78, 5) is 54.2.